The molecule has 196 valence electrons. The zero-order valence-electron chi connectivity index (χ0n) is 20.7. The van der Waals surface area contributed by atoms with E-state index in [0.29, 0.717) is 29.2 Å². The molecule has 2 aromatic rings. The molecule has 1 aliphatic heterocycles. The molecule has 1 amide bonds. The van der Waals surface area contributed by atoms with Crippen molar-refractivity contribution in [2.24, 2.45) is 5.14 Å². The smallest absolute Gasteiger partial charge is 0.238 e. The van der Waals surface area contributed by atoms with Gasteiger partial charge in [0.05, 0.1) is 32.3 Å². The average Bonchev–Trinajstić information content (AvgIpc) is 2.87. The van der Waals surface area contributed by atoms with Crippen molar-refractivity contribution < 1.29 is 32.2 Å². The summed E-state index contributed by atoms with van der Waals surface area (Å²) in [5, 5.41) is 11.4. The summed E-state index contributed by atoms with van der Waals surface area (Å²) >= 11 is 0. The van der Waals surface area contributed by atoms with Gasteiger partial charge in [0.2, 0.25) is 21.7 Å². The number of ether oxygens (including phenoxy) is 3. The van der Waals surface area contributed by atoms with Crippen LogP contribution in [0, 0.1) is 0 Å². The summed E-state index contributed by atoms with van der Waals surface area (Å²) in [4.78, 5) is 26.3. The lowest BCUT2D eigenvalue weighted by Crippen LogP contribution is -2.50. The van der Waals surface area contributed by atoms with Crippen LogP contribution in [0.3, 0.4) is 0 Å². The first-order chi connectivity index (χ1) is 17.2. The normalized spacial score (nSPS) is 16.6. The molecule has 0 spiro atoms. The highest BCUT2D eigenvalue weighted by Crippen LogP contribution is 2.38. The summed E-state index contributed by atoms with van der Waals surface area (Å²) in [5.74, 6) is 0.687. The topological polar surface area (TPSA) is 146 Å². The summed E-state index contributed by atoms with van der Waals surface area (Å²) < 4.78 is 39.2. The molecule has 0 radical (unpaired) electrons. The number of piperidine rings is 1. The summed E-state index contributed by atoms with van der Waals surface area (Å²) in [6, 6.07) is 8.37. The average molecular weight is 520 g/mol. The van der Waals surface area contributed by atoms with E-state index < -0.39 is 16.1 Å². The third-order valence-electron chi connectivity index (χ3n) is 6.13. The molecule has 2 atom stereocenters. The zero-order valence-corrected chi connectivity index (χ0v) is 21.5. The van der Waals surface area contributed by atoms with Gasteiger partial charge in [-0.15, -0.1) is 0 Å². The SMILES string of the molecule is COc1cc(C(=O)CC(Cc2ccc(S(N)(=O)=O)cc2)NC(=O)[C@@H]2CCCCN2)cc(OC)c1OC. The molecule has 11 heteroatoms. The highest BCUT2D eigenvalue weighted by Gasteiger charge is 2.26. The van der Waals surface area contributed by atoms with Crippen molar-refractivity contribution in [3.05, 3.63) is 47.5 Å². The summed E-state index contributed by atoms with van der Waals surface area (Å²) in [6.07, 6.45) is 3.02. The number of ketones is 1. The van der Waals surface area contributed by atoms with Crippen molar-refractivity contribution in [1.29, 1.82) is 0 Å². The van der Waals surface area contributed by atoms with Crippen molar-refractivity contribution in [2.45, 2.75) is 49.1 Å². The Morgan fingerprint density at radius 1 is 1.06 bits per heavy atom. The van der Waals surface area contributed by atoms with Gasteiger partial charge < -0.3 is 24.8 Å². The Balaban J connectivity index is 1.84. The second-order valence-electron chi connectivity index (χ2n) is 8.64. The second-order valence-corrected chi connectivity index (χ2v) is 10.2. The van der Waals surface area contributed by atoms with E-state index in [9.17, 15) is 18.0 Å². The Kier molecular flexibility index (Phi) is 9.30. The fraction of sp³-hybridized carbons (Fsp3) is 0.440. The van der Waals surface area contributed by atoms with Crippen molar-refractivity contribution in [2.75, 3.05) is 27.9 Å². The lowest BCUT2D eigenvalue weighted by atomic mass is 9.96. The first kappa shape index (κ1) is 27.4. The van der Waals surface area contributed by atoms with Crippen LogP contribution in [0.15, 0.2) is 41.3 Å². The number of methoxy groups -OCH3 is 3. The molecule has 0 saturated carbocycles. The van der Waals surface area contributed by atoms with Crippen molar-refractivity contribution in [3.63, 3.8) is 0 Å². The van der Waals surface area contributed by atoms with Crippen LogP contribution in [0.25, 0.3) is 0 Å². The fourth-order valence-electron chi connectivity index (χ4n) is 4.24. The molecule has 0 aromatic heterocycles. The number of nitrogens with two attached hydrogens (primary N) is 1. The Morgan fingerprint density at radius 2 is 1.69 bits per heavy atom. The number of sulfonamides is 1. The van der Waals surface area contributed by atoms with Gasteiger partial charge in [0, 0.05) is 18.0 Å². The molecule has 1 aliphatic rings. The molecule has 10 nitrogen and oxygen atoms in total. The summed E-state index contributed by atoms with van der Waals surface area (Å²) in [6.45, 7) is 0.766. The molecule has 1 unspecified atom stereocenters. The standard InChI is InChI=1S/C25H33N3O7S/c1-33-22-13-17(14-23(34-2)24(22)35-3)21(29)15-18(28-25(30)20-6-4-5-11-27-20)12-16-7-9-19(10-8-16)36(26,31)32/h7-10,13-14,18,20,27H,4-6,11-12,15H2,1-3H3,(H,28,30)(H2,26,31,32)/t18?,20-/m0/s1. The van der Waals surface area contributed by atoms with E-state index >= 15 is 0 Å². The van der Waals surface area contributed by atoms with Crippen LogP contribution in [0.4, 0.5) is 0 Å². The van der Waals surface area contributed by atoms with Gasteiger partial charge in [-0.05, 0) is 55.6 Å². The van der Waals surface area contributed by atoms with Crippen LogP contribution in [-0.4, -0.2) is 60.1 Å². The van der Waals surface area contributed by atoms with E-state index in [1.165, 1.54) is 33.5 Å². The Labute approximate surface area is 211 Å². The van der Waals surface area contributed by atoms with E-state index in [1.807, 2.05) is 0 Å². The third kappa shape index (κ3) is 6.96. The highest BCUT2D eigenvalue weighted by molar-refractivity contribution is 7.89. The monoisotopic (exact) mass is 519 g/mol. The van der Waals surface area contributed by atoms with Gasteiger partial charge in [-0.1, -0.05) is 18.6 Å². The molecule has 2 aromatic carbocycles. The maximum Gasteiger partial charge on any atom is 0.238 e. The Hall–Kier alpha value is -3.15. The number of primary sulfonamides is 1. The van der Waals surface area contributed by atoms with E-state index in [1.54, 1.807) is 24.3 Å². The highest BCUT2D eigenvalue weighted by atomic mass is 32.2. The zero-order chi connectivity index (χ0) is 26.3. The van der Waals surface area contributed by atoms with Crippen LogP contribution in [0.2, 0.25) is 0 Å². The van der Waals surface area contributed by atoms with Crippen molar-refractivity contribution >= 4 is 21.7 Å². The van der Waals surface area contributed by atoms with E-state index in [-0.39, 0.29) is 29.0 Å². The van der Waals surface area contributed by atoms with E-state index in [2.05, 4.69) is 10.6 Å². The lowest BCUT2D eigenvalue weighted by molar-refractivity contribution is -0.124. The van der Waals surface area contributed by atoms with Crippen LogP contribution >= 0.6 is 0 Å². The van der Waals surface area contributed by atoms with Gasteiger partial charge in [-0.3, -0.25) is 9.59 Å². The minimum atomic E-state index is -3.82. The van der Waals surface area contributed by atoms with Crippen LogP contribution in [0.1, 0.15) is 41.6 Å². The molecule has 4 N–H and O–H groups in total. The molecule has 0 aliphatic carbocycles. The lowest BCUT2D eigenvalue weighted by Gasteiger charge is -2.26. The maximum absolute atomic E-state index is 13.3. The first-order valence-corrected chi connectivity index (χ1v) is 13.2. The number of carbonyl (C=O) groups excluding carboxylic acids is 2. The number of Topliss-reactive ketones (excluding diaryl/α,β-unsaturated/α-hetero) is 1. The van der Waals surface area contributed by atoms with Crippen LogP contribution in [-0.2, 0) is 21.2 Å². The maximum atomic E-state index is 13.3. The minimum absolute atomic E-state index is 0.00765. The molecular weight excluding hydrogens is 486 g/mol. The van der Waals surface area contributed by atoms with Gasteiger partial charge in [0.1, 0.15) is 0 Å². The largest absolute Gasteiger partial charge is 0.493 e. The molecule has 1 fully saturated rings. The predicted molar refractivity (Wildman–Crippen MR) is 134 cm³/mol. The van der Waals surface area contributed by atoms with Gasteiger partial charge in [-0.2, -0.15) is 0 Å². The summed E-state index contributed by atoms with van der Waals surface area (Å²) in [7, 11) is 0.597. The number of benzene rings is 2. The second kappa shape index (κ2) is 12.2. The number of carbonyl (C=O) groups is 2. The number of hydrogen-bond acceptors (Lipinski definition) is 8. The van der Waals surface area contributed by atoms with Crippen LogP contribution in [0.5, 0.6) is 17.2 Å². The number of rotatable bonds is 11. The molecule has 0 bridgehead atoms. The Bertz CT molecular complexity index is 1150. The van der Waals surface area contributed by atoms with Crippen molar-refractivity contribution in [1.82, 2.24) is 10.6 Å². The van der Waals surface area contributed by atoms with Crippen molar-refractivity contribution in [3.8, 4) is 17.2 Å². The van der Waals surface area contributed by atoms with Gasteiger partial charge in [0.25, 0.3) is 0 Å². The minimum Gasteiger partial charge on any atom is -0.493 e. The first-order valence-electron chi connectivity index (χ1n) is 11.6. The van der Waals surface area contributed by atoms with E-state index in [0.717, 1.165) is 31.4 Å². The molecule has 36 heavy (non-hydrogen) atoms. The van der Waals surface area contributed by atoms with Gasteiger partial charge in [0.15, 0.2) is 17.3 Å². The summed E-state index contributed by atoms with van der Waals surface area (Å²) in [5.41, 5.74) is 1.10. The number of amides is 1. The van der Waals surface area contributed by atoms with E-state index in [4.69, 9.17) is 19.3 Å². The van der Waals surface area contributed by atoms with Gasteiger partial charge >= 0.3 is 0 Å². The molecule has 1 saturated heterocycles. The Morgan fingerprint density at radius 3 is 2.19 bits per heavy atom. The molecule has 1 heterocycles. The van der Waals surface area contributed by atoms with Gasteiger partial charge in [-0.25, -0.2) is 13.6 Å². The number of nitrogens with one attached hydrogen (secondary N) is 2. The fourth-order valence-corrected chi connectivity index (χ4v) is 4.75. The quantitative estimate of drug-likeness (QED) is 0.381. The molecule has 3 rings (SSSR count). The molecular formula is C25H33N3O7S. The predicted octanol–water partition coefficient (Wildman–Crippen LogP) is 1.80. The number of hydrogen-bond donors (Lipinski definition) is 3. The van der Waals surface area contributed by atoms with Crippen LogP contribution < -0.4 is 30.0 Å². The third-order valence-corrected chi connectivity index (χ3v) is 7.05.